The average Bonchev–Trinajstić information content (AvgIpc) is 3.36. The van der Waals surface area contributed by atoms with Crippen molar-refractivity contribution in [3.63, 3.8) is 0 Å². The minimum absolute atomic E-state index is 0.0219. The van der Waals surface area contributed by atoms with Gasteiger partial charge in [-0.25, -0.2) is 9.97 Å². The van der Waals surface area contributed by atoms with Crippen molar-refractivity contribution < 1.29 is 27.5 Å². The van der Waals surface area contributed by atoms with Crippen molar-refractivity contribution in [2.24, 2.45) is 0 Å². The van der Waals surface area contributed by atoms with Crippen LogP contribution in [0.1, 0.15) is 40.5 Å². The number of pyridine rings is 1. The van der Waals surface area contributed by atoms with Gasteiger partial charge in [-0.1, -0.05) is 12.1 Å². The van der Waals surface area contributed by atoms with Crippen molar-refractivity contribution in [2.75, 3.05) is 46.4 Å². The van der Waals surface area contributed by atoms with Gasteiger partial charge in [-0.15, -0.1) is 0 Å². The van der Waals surface area contributed by atoms with Crippen LogP contribution in [0.5, 0.6) is 5.88 Å². The molecule has 0 radical (unpaired) electrons. The number of hydrogen-bond donors (Lipinski definition) is 1. The van der Waals surface area contributed by atoms with E-state index in [2.05, 4.69) is 19.9 Å². The summed E-state index contributed by atoms with van der Waals surface area (Å²) < 4.78 is 43.1. The Hall–Kier alpha value is -3.67. The van der Waals surface area contributed by atoms with Gasteiger partial charge in [0.25, 0.3) is 5.91 Å². The second-order valence-electron chi connectivity index (χ2n) is 9.70. The molecule has 202 valence electrons. The monoisotopic (exact) mass is 530 g/mol. The van der Waals surface area contributed by atoms with E-state index in [1.165, 1.54) is 10.5 Å². The van der Waals surface area contributed by atoms with Crippen molar-refractivity contribution in [3.05, 3.63) is 53.5 Å². The van der Waals surface area contributed by atoms with E-state index >= 15 is 0 Å². The number of hydrogen-bond acceptors (Lipinski definition) is 6. The van der Waals surface area contributed by atoms with Crippen LogP contribution in [0.4, 0.5) is 13.2 Å². The minimum Gasteiger partial charge on any atom is -0.481 e. The van der Waals surface area contributed by atoms with Gasteiger partial charge in [0.2, 0.25) is 5.88 Å². The molecular formula is C26H29F3N6O3. The van der Waals surface area contributed by atoms with Crippen molar-refractivity contribution >= 4 is 22.8 Å². The number of benzene rings is 1. The van der Waals surface area contributed by atoms with Crippen molar-refractivity contribution in [2.45, 2.75) is 31.5 Å². The van der Waals surface area contributed by atoms with E-state index in [4.69, 9.17) is 4.74 Å². The van der Waals surface area contributed by atoms with Crippen LogP contribution in [-0.2, 0) is 11.3 Å². The molecule has 2 amide bonds. The number of halogens is 3. The number of amides is 2. The Morgan fingerprint density at radius 3 is 2.37 bits per heavy atom. The first kappa shape index (κ1) is 26.0. The number of fused-ring (bicyclic) bond motifs is 1. The number of ether oxygens (including phenoxy) is 1. The third kappa shape index (κ3) is 5.59. The lowest BCUT2D eigenvalue weighted by Crippen LogP contribution is -2.53. The molecule has 2 aliphatic heterocycles. The number of rotatable bonds is 5. The zero-order valence-electron chi connectivity index (χ0n) is 21.0. The summed E-state index contributed by atoms with van der Waals surface area (Å²) in [7, 11) is 1.60. The van der Waals surface area contributed by atoms with Crippen molar-refractivity contribution in [1.29, 1.82) is 0 Å². The van der Waals surface area contributed by atoms with Crippen LogP contribution >= 0.6 is 0 Å². The summed E-state index contributed by atoms with van der Waals surface area (Å²) in [6.45, 7) is 2.48. The summed E-state index contributed by atoms with van der Waals surface area (Å²) in [6, 6.07) is 9.88. The molecule has 0 unspecified atom stereocenters. The highest BCUT2D eigenvalue weighted by atomic mass is 19.4. The molecule has 0 spiro atoms. The van der Waals surface area contributed by atoms with E-state index in [1.54, 1.807) is 7.11 Å². The number of carbonyl (C=O) groups is 2. The first-order valence-corrected chi connectivity index (χ1v) is 12.6. The number of piperidine rings is 1. The van der Waals surface area contributed by atoms with Crippen molar-refractivity contribution in [1.82, 2.24) is 29.7 Å². The Morgan fingerprint density at radius 1 is 1.03 bits per heavy atom. The van der Waals surface area contributed by atoms with Gasteiger partial charge >= 0.3 is 12.1 Å². The normalized spacial score (nSPS) is 17.7. The number of nitrogens with one attached hydrogen (secondary N) is 1. The molecule has 3 aromatic rings. The fourth-order valence-corrected chi connectivity index (χ4v) is 5.13. The summed E-state index contributed by atoms with van der Waals surface area (Å²) in [4.78, 5) is 40.7. The molecule has 2 aliphatic rings. The van der Waals surface area contributed by atoms with Gasteiger partial charge in [0.05, 0.1) is 18.1 Å². The van der Waals surface area contributed by atoms with E-state index in [-0.39, 0.29) is 37.9 Å². The fourth-order valence-electron chi connectivity index (χ4n) is 5.13. The van der Waals surface area contributed by atoms with Gasteiger partial charge in [0, 0.05) is 45.0 Å². The molecular weight excluding hydrogens is 501 g/mol. The topological polar surface area (TPSA) is 94.7 Å². The van der Waals surface area contributed by atoms with E-state index in [9.17, 15) is 22.8 Å². The zero-order valence-corrected chi connectivity index (χ0v) is 21.0. The average molecular weight is 531 g/mol. The van der Waals surface area contributed by atoms with Gasteiger partial charge in [-0.05, 0) is 55.1 Å². The summed E-state index contributed by atoms with van der Waals surface area (Å²) in [5.41, 5.74) is 3.75. The summed E-state index contributed by atoms with van der Waals surface area (Å²) in [5.74, 6) is -1.11. The Morgan fingerprint density at radius 2 is 1.74 bits per heavy atom. The van der Waals surface area contributed by atoms with Crippen molar-refractivity contribution in [3.8, 4) is 5.88 Å². The molecule has 5 rings (SSSR count). The smallest absolute Gasteiger partial charge is 0.471 e. The highest BCUT2D eigenvalue weighted by Crippen LogP contribution is 2.30. The maximum atomic E-state index is 12.9. The molecule has 2 aromatic heterocycles. The second kappa shape index (κ2) is 10.6. The highest BCUT2D eigenvalue weighted by Gasteiger charge is 2.43. The number of piperazine rings is 1. The van der Waals surface area contributed by atoms with Crippen LogP contribution < -0.4 is 4.74 Å². The maximum absolute atomic E-state index is 12.9. The largest absolute Gasteiger partial charge is 0.481 e. The molecule has 38 heavy (non-hydrogen) atoms. The van der Waals surface area contributed by atoms with Gasteiger partial charge < -0.3 is 19.5 Å². The predicted octanol–water partition coefficient (Wildman–Crippen LogP) is 3.19. The van der Waals surface area contributed by atoms with Crippen LogP contribution in [0, 0.1) is 0 Å². The maximum Gasteiger partial charge on any atom is 0.471 e. The minimum atomic E-state index is -4.91. The lowest BCUT2D eigenvalue weighted by Gasteiger charge is -2.34. The van der Waals surface area contributed by atoms with Gasteiger partial charge in [0.1, 0.15) is 0 Å². The molecule has 0 bridgehead atoms. The molecule has 0 atom stereocenters. The number of aromatic nitrogens is 3. The lowest BCUT2D eigenvalue weighted by atomic mass is 9.89. The Balaban J connectivity index is 1.18. The first-order chi connectivity index (χ1) is 18.2. The molecule has 9 nitrogen and oxygen atoms in total. The quantitative estimate of drug-likeness (QED) is 0.545. The van der Waals surface area contributed by atoms with Crippen LogP contribution in [0.2, 0.25) is 0 Å². The molecule has 0 aliphatic carbocycles. The number of imidazole rings is 1. The summed E-state index contributed by atoms with van der Waals surface area (Å²) >= 11 is 0. The third-order valence-electron chi connectivity index (χ3n) is 7.28. The SMILES string of the molecule is COc1ccc(CN2CCC(c3ccc4nc(C(=O)N5CCN(C(=O)C(F)(F)F)CC5)[nH]c4c3)CC2)cn1. The van der Waals surface area contributed by atoms with Crippen LogP contribution in [0.15, 0.2) is 36.5 Å². The number of methoxy groups -OCH3 is 1. The molecule has 2 saturated heterocycles. The molecule has 1 aromatic carbocycles. The molecule has 4 heterocycles. The lowest BCUT2D eigenvalue weighted by molar-refractivity contribution is -0.186. The number of likely N-dealkylation sites (tertiary alicyclic amines) is 1. The van der Waals surface area contributed by atoms with E-state index in [1.807, 2.05) is 36.5 Å². The standard InChI is InChI=1S/C26H29F3N6O3/c1-38-22-5-2-17(15-30-22)16-33-8-6-18(7-9-33)19-3-4-20-21(14-19)32-23(31-20)24(36)34-10-12-35(13-11-34)25(37)26(27,28)29/h2-5,14-15,18H,6-13,16H2,1H3,(H,31,32). The van der Waals surface area contributed by atoms with E-state index in [0.29, 0.717) is 17.3 Å². The van der Waals surface area contributed by atoms with Crippen LogP contribution in [-0.4, -0.2) is 94.0 Å². The highest BCUT2D eigenvalue weighted by molar-refractivity contribution is 5.94. The number of aromatic amines is 1. The van der Waals surface area contributed by atoms with E-state index in [0.717, 1.165) is 48.5 Å². The number of H-pyrrole nitrogens is 1. The Labute approximate surface area is 217 Å². The van der Waals surface area contributed by atoms with Crippen LogP contribution in [0.25, 0.3) is 11.0 Å². The molecule has 0 saturated carbocycles. The second-order valence-corrected chi connectivity index (χ2v) is 9.70. The van der Waals surface area contributed by atoms with Gasteiger partial charge in [0.15, 0.2) is 5.82 Å². The molecule has 2 fully saturated rings. The van der Waals surface area contributed by atoms with Gasteiger partial charge in [-0.3, -0.25) is 14.5 Å². The van der Waals surface area contributed by atoms with Gasteiger partial charge in [-0.2, -0.15) is 13.2 Å². The Bertz CT molecular complexity index is 1290. The third-order valence-corrected chi connectivity index (χ3v) is 7.28. The number of carbonyl (C=O) groups excluding carboxylic acids is 2. The fraction of sp³-hybridized carbons (Fsp3) is 0.462. The van der Waals surface area contributed by atoms with Crippen LogP contribution in [0.3, 0.4) is 0 Å². The number of alkyl halides is 3. The Kier molecular flexibility index (Phi) is 7.24. The molecule has 12 heteroatoms. The predicted molar refractivity (Wildman–Crippen MR) is 133 cm³/mol. The summed E-state index contributed by atoms with van der Waals surface area (Å²) in [6.07, 6.45) is -1.04. The number of nitrogens with zero attached hydrogens (tertiary/aromatic N) is 5. The first-order valence-electron chi connectivity index (χ1n) is 12.6. The summed E-state index contributed by atoms with van der Waals surface area (Å²) in [5, 5.41) is 0. The van der Waals surface area contributed by atoms with E-state index < -0.39 is 12.1 Å². The zero-order chi connectivity index (χ0) is 26.9. The molecule has 1 N–H and O–H groups in total.